The van der Waals surface area contributed by atoms with Crippen LogP contribution in [0, 0.1) is 0 Å². The second kappa shape index (κ2) is 71.9. The first-order chi connectivity index (χ1) is 40.5. The summed E-state index contributed by atoms with van der Waals surface area (Å²) in [4.78, 5) is 38.4. The third kappa shape index (κ3) is 69.2. The van der Waals surface area contributed by atoms with E-state index in [0.29, 0.717) is 19.3 Å². The van der Waals surface area contributed by atoms with Gasteiger partial charge in [-0.1, -0.05) is 412 Å². The summed E-state index contributed by atoms with van der Waals surface area (Å²) in [7, 11) is 0. The molecule has 0 N–H and O–H groups in total. The monoisotopic (exact) mass is 1160 g/mol. The molecule has 6 nitrogen and oxygen atoms in total. The van der Waals surface area contributed by atoms with E-state index in [-0.39, 0.29) is 31.1 Å². The fourth-order valence-electron chi connectivity index (χ4n) is 12.2. The number of carbonyl (C=O) groups is 3. The van der Waals surface area contributed by atoms with Crippen molar-refractivity contribution in [2.24, 2.45) is 0 Å². The predicted molar refractivity (Wildman–Crippen MR) is 358 cm³/mol. The van der Waals surface area contributed by atoms with Crippen molar-refractivity contribution < 1.29 is 28.6 Å². The highest BCUT2D eigenvalue weighted by atomic mass is 16.6. The highest BCUT2D eigenvalue weighted by molar-refractivity contribution is 5.71. The minimum atomic E-state index is -0.763. The van der Waals surface area contributed by atoms with Crippen molar-refractivity contribution in [3.8, 4) is 0 Å². The number of rotatable bonds is 72. The number of unbranched alkanes of at least 4 members (excludes halogenated alkanes) is 61. The van der Waals surface area contributed by atoms with E-state index in [1.165, 1.54) is 353 Å². The van der Waals surface area contributed by atoms with E-state index in [2.05, 4.69) is 20.8 Å². The van der Waals surface area contributed by atoms with Crippen LogP contribution in [0.1, 0.15) is 451 Å². The molecule has 0 aliphatic rings. The van der Waals surface area contributed by atoms with E-state index < -0.39 is 6.10 Å². The van der Waals surface area contributed by atoms with Gasteiger partial charge in [0.2, 0.25) is 0 Å². The molecule has 0 bridgehead atoms. The van der Waals surface area contributed by atoms with Gasteiger partial charge in [0.15, 0.2) is 6.10 Å². The maximum Gasteiger partial charge on any atom is 0.306 e. The summed E-state index contributed by atoms with van der Waals surface area (Å²) in [5.41, 5.74) is 0. The smallest absolute Gasteiger partial charge is 0.306 e. The SMILES string of the molecule is CCCCCCCCCCCCCCCCCCCCCCCCCCCCCC(=O)OCC(COC(=O)CCCCCCCCCCCCC)OC(=O)CCCCCCCCCCCCCCCCCCCCCCCCCCCC. The van der Waals surface area contributed by atoms with Gasteiger partial charge in [0.1, 0.15) is 13.2 Å². The number of hydrogen-bond acceptors (Lipinski definition) is 6. The van der Waals surface area contributed by atoms with E-state index in [0.717, 1.165) is 57.8 Å². The molecule has 0 amide bonds. The van der Waals surface area contributed by atoms with Gasteiger partial charge in [-0.25, -0.2) is 0 Å². The lowest BCUT2D eigenvalue weighted by Crippen LogP contribution is -2.30. The standard InChI is InChI=1S/C76H148O6/c1-4-7-10-13-16-19-22-24-26-28-30-32-34-36-38-40-41-43-45-47-49-51-54-57-60-63-66-69-75(78)81-72-73(71-80-74(77)68-65-62-59-56-53-21-18-15-12-9-6-3)82-76(79)70-67-64-61-58-55-52-50-48-46-44-42-39-37-35-33-31-29-27-25-23-20-17-14-11-8-5-2/h73H,4-72H2,1-3H3. The highest BCUT2D eigenvalue weighted by Gasteiger charge is 2.20. The van der Waals surface area contributed by atoms with Gasteiger partial charge in [-0.2, -0.15) is 0 Å². The van der Waals surface area contributed by atoms with Gasteiger partial charge in [-0.15, -0.1) is 0 Å². The van der Waals surface area contributed by atoms with Crippen LogP contribution in [0.3, 0.4) is 0 Å². The molecule has 0 heterocycles. The fourth-order valence-corrected chi connectivity index (χ4v) is 12.2. The van der Waals surface area contributed by atoms with Crippen LogP contribution < -0.4 is 0 Å². The number of esters is 3. The van der Waals surface area contributed by atoms with Crippen LogP contribution in [-0.2, 0) is 28.6 Å². The van der Waals surface area contributed by atoms with E-state index in [1.54, 1.807) is 0 Å². The molecule has 0 fully saturated rings. The Balaban J connectivity index is 4.10. The Morgan fingerprint density at radius 3 is 0.488 bits per heavy atom. The third-order valence-corrected chi connectivity index (χ3v) is 17.9. The average Bonchev–Trinajstić information content (AvgIpc) is 3.48. The Labute approximate surface area is 514 Å². The molecular formula is C76H148O6. The van der Waals surface area contributed by atoms with Crippen LogP contribution in [0.15, 0.2) is 0 Å². The zero-order valence-electron chi connectivity index (χ0n) is 56.3. The molecule has 0 radical (unpaired) electrons. The first kappa shape index (κ1) is 80.4. The first-order valence-electron chi connectivity index (χ1n) is 38.0. The molecule has 82 heavy (non-hydrogen) atoms. The molecule has 1 atom stereocenters. The van der Waals surface area contributed by atoms with Crippen LogP contribution >= 0.6 is 0 Å². The van der Waals surface area contributed by atoms with Crippen LogP contribution in [0.2, 0.25) is 0 Å². The van der Waals surface area contributed by atoms with Crippen molar-refractivity contribution >= 4 is 17.9 Å². The van der Waals surface area contributed by atoms with Crippen molar-refractivity contribution in [1.82, 2.24) is 0 Å². The topological polar surface area (TPSA) is 78.9 Å². The van der Waals surface area contributed by atoms with Gasteiger partial charge in [0.05, 0.1) is 0 Å². The average molecular weight is 1160 g/mol. The van der Waals surface area contributed by atoms with Crippen molar-refractivity contribution in [3.63, 3.8) is 0 Å². The quantitative estimate of drug-likeness (QED) is 0.0343. The van der Waals surface area contributed by atoms with Crippen molar-refractivity contribution in [2.75, 3.05) is 13.2 Å². The molecule has 1 unspecified atom stereocenters. The van der Waals surface area contributed by atoms with Crippen LogP contribution in [0.4, 0.5) is 0 Å². The molecule has 0 spiro atoms. The predicted octanol–water partition coefficient (Wildman–Crippen LogP) is 26.2. The Morgan fingerprint density at radius 1 is 0.195 bits per heavy atom. The molecule has 0 saturated heterocycles. The van der Waals surface area contributed by atoms with Gasteiger partial charge in [-0.05, 0) is 19.3 Å². The maximum atomic E-state index is 13.0. The summed E-state index contributed by atoms with van der Waals surface area (Å²) in [6.07, 6.45) is 86.0. The van der Waals surface area contributed by atoms with Gasteiger partial charge >= 0.3 is 17.9 Å². The number of hydrogen-bond donors (Lipinski definition) is 0. The van der Waals surface area contributed by atoms with Gasteiger partial charge in [-0.3, -0.25) is 14.4 Å². The molecule has 0 aliphatic heterocycles. The largest absolute Gasteiger partial charge is 0.462 e. The zero-order valence-corrected chi connectivity index (χ0v) is 56.3. The molecule has 0 rings (SSSR count). The van der Waals surface area contributed by atoms with Crippen LogP contribution in [0.25, 0.3) is 0 Å². The number of carbonyl (C=O) groups excluding carboxylic acids is 3. The van der Waals surface area contributed by atoms with E-state index in [1.807, 2.05) is 0 Å². The van der Waals surface area contributed by atoms with E-state index >= 15 is 0 Å². The molecule has 0 aromatic carbocycles. The summed E-state index contributed by atoms with van der Waals surface area (Å²) in [5, 5.41) is 0. The Hall–Kier alpha value is -1.59. The molecular weight excluding hydrogens is 1010 g/mol. The minimum absolute atomic E-state index is 0.0602. The lowest BCUT2D eigenvalue weighted by molar-refractivity contribution is -0.167. The summed E-state index contributed by atoms with van der Waals surface area (Å²) in [6.45, 7) is 6.74. The first-order valence-corrected chi connectivity index (χ1v) is 38.0. The lowest BCUT2D eigenvalue weighted by atomic mass is 10.0. The third-order valence-electron chi connectivity index (χ3n) is 17.9. The Kier molecular flexibility index (Phi) is 70.5. The Bertz CT molecular complexity index is 1240. The zero-order chi connectivity index (χ0) is 59.2. The number of ether oxygens (including phenoxy) is 3. The molecule has 0 aromatic heterocycles. The molecule has 488 valence electrons. The van der Waals surface area contributed by atoms with Gasteiger partial charge in [0, 0.05) is 19.3 Å². The summed E-state index contributed by atoms with van der Waals surface area (Å²) in [6, 6.07) is 0. The van der Waals surface area contributed by atoms with Crippen LogP contribution in [-0.4, -0.2) is 37.2 Å². The molecule has 6 heteroatoms. The van der Waals surface area contributed by atoms with Crippen molar-refractivity contribution in [2.45, 2.75) is 457 Å². The fraction of sp³-hybridized carbons (Fsp3) is 0.961. The van der Waals surface area contributed by atoms with Gasteiger partial charge < -0.3 is 14.2 Å². The summed E-state index contributed by atoms with van der Waals surface area (Å²) >= 11 is 0. The highest BCUT2D eigenvalue weighted by Crippen LogP contribution is 2.20. The van der Waals surface area contributed by atoms with Crippen molar-refractivity contribution in [3.05, 3.63) is 0 Å². The van der Waals surface area contributed by atoms with E-state index in [4.69, 9.17) is 14.2 Å². The van der Waals surface area contributed by atoms with Crippen molar-refractivity contribution in [1.29, 1.82) is 0 Å². The van der Waals surface area contributed by atoms with E-state index in [9.17, 15) is 14.4 Å². The summed E-state index contributed by atoms with van der Waals surface area (Å²) < 4.78 is 17.0. The normalized spacial score (nSPS) is 11.9. The maximum absolute atomic E-state index is 13.0. The molecule has 0 aliphatic carbocycles. The van der Waals surface area contributed by atoms with Gasteiger partial charge in [0.25, 0.3) is 0 Å². The second-order valence-corrected chi connectivity index (χ2v) is 26.3. The minimum Gasteiger partial charge on any atom is -0.462 e. The molecule has 0 saturated carbocycles. The molecule has 0 aromatic rings. The van der Waals surface area contributed by atoms with Crippen LogP contribution in [0.5, 0.6) is 0 Å². The Morgan fingerprint density at radius 2 is 0.329 bits per heavy atom. The summed E-state index contributed by atoms with van der Waals surface area (Å²) in [5.74, 6) is -0.819. The lowest BCUT2D eigenvalue weighted by Gasteiger charge is -2.18. The second-order valence-electron chi connectivity index (χ2n) is 26.3.